The van der Waals surface area contributed by atoms with Crippen molar-refractivity contribution in [2.45, 2.75) is 13.5 Å². The van der Waals surface area contributed by atoms with E-state index in [-0.39, 0.29) is 33.7 Å². The van der Waals surface area contributed by atoms with Gasteiger partial charge < -0.3 is 9.30 Å². The lowest BCUT2D eigenvalue weighted by Crippen LogP contribution is -2.23. The van der Waals surface area contributed by atoms with Gasteiger partial charge in [-0.2, -0.15) is 4.99 Å². The largest absolute Gasteiger partial charge is 0.465 e. The number of nitrogens with zero attached hydrogens (tertiary/aromatic N) is 2. The molecule has 0 radical (unpaired) electrons. The van der Waals surface area contributed by atoms with Crippen LogP contribution in [0.5, 0.6) is 0 Å². The van der Waals surface area contributed by atoms with Crippen LogP contribution in [0.15, 0.2) is 41.4 Å². The molecule has 0 saturated carbocycles. The molecule has 140 valence electrons. The van der Waals surface area contributed by atoms with E-state index in [0.717, 1.165) is 17.4 Å². The molecule has 0 fully saturated rings. The van der Waals surface area contributed by atoms with Crippen molar-refractivity contribution in [1.29, 1.82) is 0 Å². The summed E-state index contributed by atoms with van der Waals surface area (Å²) >= 11 is 6.77. The summed E-state index contributed by atoms with van der Waals surface area (Å²) in [7, 11) is 0. The predicted octanol–water partition coefficient (Wildman–Crippen LogP) is 3.94. The number of hydrogen-bond acceptors (Lipinski definition) is 4. The number of thiazole rings is 1. The van der Waals surface area contributed by atoms with Crippen LogP contribution in [0.2, 0.25) is 5.02 Å². The van der Waals surface area contributed by atoms with Gasteiger partial charge in [0.05, 0.1) is 16.8 Å². The van der Waals surface area contributed by atoms with Gasteiger partial charge in [0, 0.05) is 16.7 Å². The van der Waals surface area contributed by atoms with E-state index in [4.69, 9.17) is 16.3 Å². The molecule has 3 rings (SSSR count). The van der Waals surface area contributed by atoms with Crippen molar-refractivity contribution in [2.24, 2.45) is 4.99 Å². The quantitative estimate of drug-likeness (QED) is 0.612. The van der Waals surface area contributed by atoms with Gasteiger partial charge in [-0.25, -0.2) is 8.78 Å². The molecule has 0 aliphatic rings. The molecule has 1 amide bonds. The smallest absolute Gasteiger partial charge is 0.326 e. The van der Waals surface area contributed by atoms with Gasteiger partial charge in [-0.05, 0) is 31.2 Å². The molecular weight excluding hydrogens is 398 g/mol. The van der Waals surface area contributed by atoms with E-state index in [1.54, 1.807) is 19.1 Å². The third kappa shape index (κ3) is 4.23. The fourth-order valence-corrected chi connectivity index (χ4v) is 3.73. The summed E-state index contributed by atoms with van der Waals surface area (Å²) in [5.74, 6) is -2.88. The second-order valence-electron chi connectivity index (χ2n) is 5.44. The van der Waals surface area contributed by atoms with Crippen LogP contribution < -0.4 is 4.80 Å². The zero-order valence-corrected chi connectivity index (χ0v) is 15.6. The Bertz CT molecular complexity index is 1110. The summed E-state index contributed by atoms with van der Waals surface area (Å²) in [6.45, 7) is 1.42. The minimum absolute atomic E-state index is 0.0212. The summed E-state index contributed by atoms with van der Waals surface area (Å²) in [5, 5.41) is 0.361. The lowest BCUT2D eigenvalue weighted by molar-refractivity contribution is -0.143. The maximum Gasteiger partial charge on any atom is 0.326 e. The molecule has 3 aromatic rings. The van der Waals surface area contributed by atoms with Gasteiger partial charge in [-0.15, -0.1) is 0 Å². The van der Waals surface area contributed by atoms with Crippen molar-refractivity contribution in [1.82, 2.24) is 4.57 Å². The van der Waals surface area contributed by atoms with Gasteiger partial charge in [0.1, 0.15) is 12.4 Å². The van der Waals surface area contributed by atoms with Crippen molar-refractivity contribution in [2.75, 3.05) is 6.61 Å². The molecular formula is C18H13ClF2N2O3S. The molecule has 1 aromatic heterocycles. The fourth-order valence-electron chi connectivity index (χ4n) is 2.47. The normalized spacial score (nSPS) is 11.8. The number of benzene rings is 2. The minimum Gasteiger partial charge on any atom is -0.465 e. The molecule has 0 N–H and O–H groups in total. The summed E-state index contributed by atoms with van der Waals surface area (Å²) < 4.78 is 34.2. The van der Waals surface area contributed by atoms with Gasteiger partial charge in [0.2, 0.25) is 0 Å². The zero-order valence-electron chi connectivity index (χ0n) is 14.0. The Morgan fingerprint density at radius 1 is 1.26 bits per heavy atom. The Kier molecular flexibility index (Phi) is 5.67. The van der Waals surface area contributed by atoms with Crippen LogP contribution in [0.3, 0.4) is 0 Å². The van der Waals surface area contributed by atoms with E-state index in [1.165, 1.54) is 16.7 Å². The van der Waals surface area contributed by atoms with Crippen LogP contribution in [-0.2, 0) is 16.1 Å². The van der Waals surface area contributed by atoms with Gasteiger partial charge in [0.15, 0.2) is 10.6 Å². The Morgan fingerprint density at radius 2 is 2.04 bits per heavy atom. The number of rotatable bonds is 4. The molecule has 2 aromatic carbocycles. The number of ether oxygens (including phenoxy) is 1. The van der Waals surface area contributed by atoms with Gasteiger partial charge in [-0.3, -0.25) is 9.59 Å². The van der Waals surface area contributed by atoms with Gasteiger partial charge >= 0.3 is 5.97 Å². The molecule has 9 heteroatoms. The zero-order chi connectivity index (χ0) is 19.6. The number of halogens is 3. The van der Waals surface area contributed by atoms with Crippen LogP contribution in [-0.4, -0.2) is 23.1 Å². The van der Waals surface area contributed by atoms with E-state index in [2.05, 4.69) is 4.99 Å². The van der Waals surface area contributed by atoms with Crippen molar-refractivity contribution >= 4 is 45.0 Å². The highest BCUT2D eigenvalue weighted by Gasteiger charge is 2.17. The van der Waals surface area contributed by atoms with Gasteiger partial charge in [-0.1, -0.05) is 29.0 Å². The standard InChI is InChI=1S/C18H13ClF2N2O3S/c1-2-26-15(24)9-23-16-13(21)7-12(20)8-14(16)27-18(23)22-17(25)10-4-3-5-11(19)6-10/h3-8H,2,9H2,1H3. The highest BCUT2D eigenvalue weighted by molar-refractivity contribution is 7.16. The molecule has 0 aliphatic heterocycles. The second kappa shape index (κ2) is 7.98. The summed E-state index contributed by atoms with van der Waals surface area (Å²) in [4.78, 5) is 28.4. The SMILES string of the molecule is CCOC(=O)Cn1c(=NC(=O)c2cccc(Cl)c2)sc2cc(F)cc(F)c21. The van der Waals surface area contributed by atoms with Crippen LogP contribution >= 0.6 is 22.9 Å². The van der Waals surface area contributed by atoms with E-state index < -0.39 is 23.5 Å². The van der Waals surface area contributed by atoms with Crippen molar-refractivity contribution < 1.29 is 23.1 Å². The number of fused-ring (bicyclic) bond motifs is 1. The third-order valence-electron chi connectivity index (χ3n) is 3.56. The molecule has 0 aliphatic carbocycles. The first-order valence-electron chi connectivity index (χ1n) is 7.87. The predicted molar refractivity (Wildman–Crippen MR) is 97.7 cm³/mol. The maximum atomic E-state index is 14.3. The number of amides is 1. The van der Waals surface area contributed by atoms with Crippen molar-refractivity contribution in [3.8, 4) is 0 Å². The minimum atomic E-state index is -0.859. The highest BCUT2D eigenvalue weighted by atomic mass is 35.5. The summed E-state index contributed by atoms with van der Waals surface area (Å²) in [5.41, 5.74) is 0.210. The van der Waals surface area contributed by atoms with E-state index in [1.807, 2.05) is 0 Å². The number of carbonyl (C=O) groups is 2. The molecule has 27 heavy (non-hydrogen) atoms. The van der Waals surface area contributed by atoms with E-state index in [9.17, 15) is 18.4 Å². The van der Waals surface area contributed by atoms with E-state index in [0.29, 0.717) is 11.1 Å². The fraction of sp³-hybridized carbons (Fsp3) is 0.167. The highest BCUT2D eigenvalue weighted by Crippen LogP contribution is 2.22. The molecule has 0 saturated heterocycles. The lowest BCUT2D eigenvalue weighted by atomic mass is 10.2. The first-order valence-corrected chi connectivity index (χ1v) is 9.07. The first kappa shape index (κ1) is 19.2. The lowest BCUT2D eigenvalue weighted by Gasteiger charge is -2.06. The Morgan fingerprint density at radius 3 is 2.74 bits per heavy atom. The van der Waals surface area contributed by atoms with Crippen molar-refractivity contribution in [3.63, 3.8) is 0 Å². The average Bonchev–Trinajstić information content (AvgIpc) is 2.92. The Balaban J connectivity index is 2.17. The molecule has 0 unspecified atom stereocenters. The van der Waals surface area contributed by atoms with Crippen LogP contribution in [0, 0.1) is 11.6 Å². The van der Waals surface area contributed by atoms with Crippen LogP contribution in [0.25, 0.3) is 10.2 Å². The number of aromatic nitrogens is 1. The molecule has 0 bridgehead atoms. The van der Waals surface area contributed by atoms with Crippen molar-refractivity contribution in [3.05, 3.63) is 63.4 Å². The van der Waals surface area contributed by atoms with Crippen LogP contribution in [0.4, 0.5) is 8.78 Å². The summed E-state index contributed by atoms with van der Waals surface area (Å²) in [6, 6.07) is 8.00. The average molecular weight is 411 g/mol. The maximum absolute atomic E-state index is 14.3. The summed E-state index contributed by atoms with van der Waals surface area (Å²) in [6.07, 6.45) is 0. The monoisotopic (exact) mass is 410 g/mol. The van der Waals surface area contributed by atoms with E-state index >= 15 is 0 Å². The molecule has 0 atom stereocenters. The Hall–Kier alpha value is -2.58. The van der Waals surface area contributed by atoms with Gasteiger partial charge in [0.25, 0.3) is 5.91 Å². The first-order chi connectivity index (χ1) is 12.9. The number of hydrogen-bond donors (Lipinski definition) is 0. The second-order valence-corrected chi connectivity index (χ2v) is 6.88. The van der Waals surface area contributed by atoms with Crippen LogP contribution in [0.1, 0.15) is 17.3 Å². The molecule has 1 heterocycles. The number of carbonyl (C=O) groups excluding carboxylic acids is 2. The molecule has 0 spiro atoms. The third-order valence-corrected chi connectivity index (χ3v) is 4.82. The molecule has 5 nitrogen and oxygen atoms in total. The number of esters is 1. The Labute approximate surface area is 161 Å². The topological polar surface area (TPSA) is 60.7 Å².